The van der Waals surface area contributed by atoms with E-state index in [0.29, 0.717) is 13.0 Å². The summed E-state index contributed by atoms with van der Waals surface area (Å²) in [6.07, 6.45) is 0.703. The normalized spacial score (nSPS) is 14.8. The van der Waals surface area contributed by atoms with Crippen molar-refractivity contribution in [3.8, 4) is 0 Å². The predicted molar refractivity (Wildman–Crippen MR) is 73.0 cm³/mol. The van der Waals surface area contributed by atoms with E-state index in [4.69, 9.17) is 4.74 Å². The summed E-state index contributed by atoms with van der Waals surface area (Å²) < 4.78 is 6.95. The standard InChI is InChI=1S/C14H20N2O4/c1-14(2,3)20-13(19)10-8-7-15-6-5-9(8)16(4)11(10)12(17)18/h15H,5-7H2,1-4H3,(H,17,18). The Morgan fingerprint density at radius 1 is 1.35 bits per heavy atom. The Labute approximate surface area is 117 Å². The average molecular weight is 280 g/mol. The van der Waals surface area contributed by atoms with E-state index in [1.165, 1.54) is 0 Å². The summed E-state index contributed by atoms with van der Waals surface area (Å²) >= 11 is 0. The number of fused-ring (bicyclic) bond motifs is 1. The van der Waals surface area contributed by atoms with Crippen LogP contribution in [0, 0.1) is 0 Å². The highest BCUT2D eigenvalue weighted by Crippen LogP contribution is 2.27. The van der Waals surface area contributed by atoms with Crippen molar-refractivity contribution in [1.29, 1.82) is 0 Å². The van der Waals surface area contributed by atoms with Crippen LogP contribution in [-0.4, -0.2) is 33.8 Å². The predicted octanol–water partition coefficient (Wildman–Crippen LogP) is 1.32. The molecule has 1 aromatic rings. The fourth-order valence-electron chi connectivity index (χ4n) is 2.52. The number of hydrogen-bond donors (Lipinski definition) is 2. The first-order valence-electron chi connectivity index (χ1n) is 6.60. The van der Waals surface area contributed by atoms with Gasteiger partial charge < -0.3 is 19.7 Å². The molecule has 0 spiro atoms. The Balaban J connectivity index is 2.56. The first kappa shape index (κ1) is 14.6. The second-order valence-electron chi connectivity index (χ2n) is 5.94. The van der Waals surface area contributed by atoms with Gasteiger partial charge in [0.05, 0.1) is 5.56 Å². The molecule has 0 saturated carbocycles. The minimum atomic E-state index is -1.11. The smallest absolute Gasteiger partial charge is 0.353 e. The number of aromatic carboxylic acids is 1. The van der Waals surface area contributed by atoms with Crippen LogP contribution in [0.5, 0.6) is 0 Å². The number of carboxylic acids is 1. The first-order chi connectivity index (χ1) is 9.22. The maximum atomic E-state index is 12.3. The Morgan fingerprint density at radius 2 is 2.00 bits per heavy atom. The highest BCUT2D eigenvalue weighted by Gasteiger charge is 2.33. The molecule has 1 aliphatic heterocycles. The molecule has 2 N–H and O–H groups in total. The van der Waals surface area contributed by atoms with Crippen LogP contribution in [0.4, 0.5) is 0 Å². The van der Waals surface area contributed by atoms with E-state index in [9.17, 15) is 14.7 Å². The molecule has 20 heavy (non-hydrogen) atoms. The highest BCUT2D eigenvalue weighted by atomic mass is 16.6. The summed E-state index contributed by atoms with van der Waals surface area (Å²) in [7, 11) is 1.68. The molecule has 110 valence electrons. The number of ether oxygens (including phenoxy) is 1. The molecule has 0 atom stereocenters. The fourth-order valence-corrected chi connectivity index (χ4v) is 2.52. The maximum absolute atomic E-state index is 12.3. The maximum Gasteiger partial charge on any atom is 0.353 e. The SMILES string of the molecule is Cn1c2c(c(C(=O)OC(C)(C)C)c1C(=O)O)CNCC2. The molecular weight excluding hydrogens is 260 g/mol. The van der Waals surface area contributed by atoms with Crippen LogP contribution >= 0.6 is 0 Å². The van der Waals surface area contributed by atoms with E-state index in [-0.39, 0.29) is 11.3 Å². The molecule has 0 bridgehead atoms. The van der Waals surface area contributed by atoms with Crippen LogP contribution in [0.2, 0.25) is 0 Å². The monoisotopic (exact) mass is 280 g/mol. The van der Waals surface area contributed by atoms with E-state index < -0.39 is 17.5 Å². The Hall–Kier alpha value is -1.82. The number of aromatic nitrogens is 1. The van der Waals surface area contributed by atoms with Crippen LogP contribution < -0.4 is 5.32 Å². The number of nitrogens with one attached hydrogen (secondary N) is 1. The number of esters is 1. The molecule has 2 heterocycles. The van der Waals surface area contributed by atoms with E-state index in [1.807, 2.05) is 0 Å². The van der Waals surface area contributed by atoms with Crippen molar-refractivity contribution in [3.05, 3.63) is 22.5 Å². The van der Waals surface area contributed by atoms with Crippen molar-refractivity contribution in [3.63, 3.8) is 0 Å². The molecule has 0 aromatic carbocycles. The van der Waals surface area contributed by atoms with Gasteiger partial charge in [-0.15, -0.1) is 0 Å². The molecular formula is C14H20N2O4. The first-order valence-corrected chi connectivity index (χ1v) is 6.60. The number of nitrogens with zero attached hydrogens (tertiary/aromatic N) is 1. The zero-order valence-electron chi connectivity index (χ0n) is 12.2. The number of carbonyl (C=O) groups excluding carboxylic acids is 1. The lowest BCUT2D eigenvalue weighted by Crippen LogP contribution is -2.28. The lowest BCUT2D eigenvalue weighted by molar-refractivity contribution is 0.00642. The Morgan fingerprint density at radius 3 is 2.55 bits per heavy atom. The van der Waals surface area contributed by atoms with Crippen molar-refractivity contribution in [1.82, 2.24) is 9.88 Å². The van der Waals surface area contributed by atoms with Gasteiger partial charge in [0.2, 0.25) is 0 Å². The number of carboxylic acid groups (broad SMARTS) is 1. The van der Waals surface area contributed by atoms with E-state index in [0.717, 1.165) is 17.8 Å². The van der Waals surface area contributed by atoms with Gasteiger partial charge in [-0.25, -0.2) is 9.59 Å². The van der Waals surface area contributed by atoms with Crippen molar-refractivity contribution in [2.75, 3.05) is 6.54 Å². The van der Waals surface area contributed by atoms with Gasteiger partial charge in [0, 0.05) is 37.8 Å². The van der Waals surface area contributed by atoms with Gasteiger partial charge in [0.1, 0.15) is 11.3 Å². The second kappa shape index (κ2) is 4.94. The van der Waals surface area contributed by atoms with Gasteiger partial charge in [-0.05, 0) is 20.8 Å². The summed E-state index contributed by atoms with van der Waals surface area (Å²) in [5.74, 6) is -1.68. The summed E-state index contributed by atoms with van der Waals surface area (Å²) in [6, 6.07) is 0. The van der Waals surface area contributed by atoms with Gasteiger partial charge in [0.25, 0.3) is 0 Å². The molecule has 6 heteroatoms. The third-order valence-corrected chi connectivity index (χ3v) is 3.27. The average Bonchev–Trinajstić information content (AvgIpc) is 2.61. The zero-order valence-corrected chi connectivity index (χ0v) is 12.2. The van der Waals surface area contributed by atoms with E-state index in [2.05, 4.69) is 5.32 Å². The van der Waals surface area contributed by atoms with Crippen LogP contribution in [0.25, 0.3) is 0 Å². The summed E-state index contributed by atoms with van der Waals surface area (Å²) in [5.41, 5.74) is 1.16. The van der Waals surface area contributed by atoms with Gasteiger partial charge in [-0.1, -0.05) is 0 Å². The number of rotatable bonds is 2. The van der Waals surface area contributed by atoms with Crippen molar-refractivity contribution in [2.24, 2.45) is 7.05 Å². The van der Waals surface area contributed by atoms with Gasteiger partial charge in [0.15, 0.2) is 0 Å². The number of hydrogen-bond acceptors (Lipinski definition) is 4. The van der Waals surface area contributed by atoms with Crippen LogP contribution in [0.1, 0.15) is 52.9 Å². The minimum absolute atomic E-state index is 0.00736. The molecule has 0 aliphatic carbocycles. The molecule has 0 unspecified atom stereocenters. The highest BCUT2D eigenvalue weighted by molar-refractivity contribution is 6.03. The van der Waals surface area contributed by atoms with E-state index in [1.54, 1.807) is 32.4 Å². The molecule has 0 amide bonds. The Bertz CT molecular complexity index is 567. The van der Waals surface area contributed by atoms with Gasteiger partial charge in [-0.3, -0.25) is 0 Å². The lowest BCUT2D eigenvalue weighted by atomic mass is 10.0. The van der Waals surface area contributed by atoms with Crippen LogP contribution in [-0.2, 0) is 24.8 Å². The van der Waals surface area contributed by atoms with Crippen molar-refractivity contribution in [2.45, 2.75) is 39.3 Å². The summed E-state index contributed by atoms with van der Waals surface area (Å²) in [6.45, 7) is 6.56. The molecule has 2 rings (SSSR count). The van der Waals surface area contributed by atoms with Gasteiger partial charge in [-0.2, -0.15) is 0 Å². The van der Waals surface area contributed by atoms with Crippen molar-refractivity contribution >= 4 is 11.9 Å². The van der Waals surface area contributed by atoms with Crippen LogP contribution in [0.3, 0.4) is 0 Å². The third kappa shape index (κ3) is 2.56. The summed E-state index contributed by atoms with van der Waals surface area (Å²) in [4.78, 5) is 23.8. The topological polar surface area (TPSA) is 80.6 Å². The molecule has 1 aliphatic rings. The summed E-state index contributed by atoms with van der Waals surface area (Å²) in [5, 5.41) is 12.6. The molecule has 0 radical (unpaired) electrons. The largest absolute Gasteiger partial charge is 0.477 e. The number of carbonyl (C=O) groups is 2. The van der Waals surface area contributed by atoms with Crippen LogP contribution in [0.15, 0.2) is 0 Å². The zero-order chi connectivity index (χ0) is 15.1. The molecule has 1 aromatic heterocycles. The van der Waals surface area contributed by atoms with Crippen molar-refractivity contribution < 1.29 is 19.4 Å². The van der Waals surface area contributed by atoms with E-state index >= 15 is 0 Å². The second-order valence-corrected chi connectivity index (χ2v) is 5.94. The third-order valence-electron chi connectivity index (χ3n) is 3.27. The Kier molecular flexibility index (Phi) is 3.60. The molecule has 6 nitrogen and oxygen atoms in total. The van der Waals surface area contributed by atoms with Gasteiger partial charge >= 0.3 is 11.9 Å². The molecule has 0 saturated heterocycles. The fraction of sp³-hybridized carbons (Fsp3) is 0.571. The quantitative estimate of drug-likeness (QED) is 0.799. The lowest BCUT2D eigenvalue weighted by Gasteiger charge is -2.20. The molecule has 0 fully saturated rings. The minimum Gasteiger partial charge on any atom is -0.477 e.